The van der Waals surface area contributed by atoms with Crippen LogP contribution in [0.4, 0.5) is 0 Å². The summed E-state index contributed by atoms with van der Waals surface area (Å²) in [5.41, 5.74) is 7.19. The van der Waals surface area contributed by atoms with Gasteiger partial charge in [-0.1, -0.05) is 0 Å². The Kier molecular flexibility index (Phi) is 2.15. The first kappa shape index (κ1) is 9.40. The number of rotatable bonds is 3. The molecule has 2 N–H and O–H groups in total. The van der Waals surface area contributed by atoms with E-state index in [0.717, 1.165) is 5.69 Å². The number of hydrogen-bond donors (Lipinski definition) is 1. The number of aryl methyl sites for hydroxylation is 1. The Morgan fingerprint density at radius 2 is 2.36 bits per heavy atom. The Labute approximate surface area is 83.1 Å². The zero-order valence-electron chi connectivity index (χ0n) is 8.53. The first-order chi connectivity index (χ1) is 6.59. The first-order valence-electron chi connectivity index (χ1n) is 4.93. The second kappa shape index (κ2) is 3.20. The van der Waals surface area contributed by atoms with Gasteiger partial charge in [0.15, 0.2) is 5.78 Å². The van der Waals surface area contributed by atoms with Crippen LogP contribution >= 0.6 is 0 Å². The summed E-state index contributed by atoms with van der Waals surface area (Å²) in [5.74, 6) is 0.537. The minimum atomic E-state index is -0.461. The SMILES string of the molecule is CC(N)C(=O)c1cc(C2CC2)n(C)n1. The number of carbonyl (C=O) groups is 1. The van der Waals surface area contributed by atoms with Crippen molar-refractivity contribution in [3.05, 3.63) is 17.5 Å². The van der Waals surface area contributed by atoms with Crippen LogP contribution in [0.15, 0.2) is 6.07 Å². The molecule has 1 aliphatic carbocycles. The minimum absolute atomic E-state index is 0.0764. The van der Waals surface area contributed by atoms with Crippen LogP contribution < -0.4 is 5.73 Å². The Balaban J connectivity index is 2.27. The van der Waals surface area contributed by atoms with Crippen LogP contribution in [0.2, 0.25) is 0 Å². The van der Waals surface area contributed by atoms with Crippen molar-refractivity contribution in [2.75, 3.05) is 0 Å². The summed E-state index contributed by atoms with van der Waals surface area (Å²) in [7, 11) is 1.88. The number of hydrogen-bond acceptors (Lipinski definition) is 3. The highest BCUT2D eigenvalue weighted by Gasteiger charge is 2.28. The van der Waals surface area contributed by atoms with Gasteiger partial charge in [-0.25, -0.2) is 0 Å². The molecular formula is C10H15N3O. The lowest BCUT2D eigenvalue weighted by molar-refractivity contribution is 0.0962. The lowest BCUT2D eigenvalue weighted by atomic mass is 10.1. The van der Waals surface area contributed by atoms with Gasteiger partial charge in [-0.2, -0.15) is 5.10 Å². The van der Waals surface area contributed by atoms with Gasteiger partial charge in [0.2, 0.25) is 0 Å². The predicted molar refractivity (Wildman–Crippen MR) is 53.2 cm³/mol. The molecule has 14 heavy (non-hydrogen) atoms. The number of nitrogens with two attached hydrogens (primary N) is 1. The Hall–Kier alpha value is -1.16. The van der Waals surface area contributed by atoms with E-state index in [1.54, 1.807) is 11.6 Å². The van der Waals surface area contributed by atoms with Gasteiger partial charge in [0, 0.05) is 18.7 Å². The summed E-state index contributed by atoms with van der Waals surface area (Å²) < 4.78 is 1.80. The molecule has 0 radical (unpaired) electrons. The van der Waals surface area contributed by atoms with Gasteiger partial charge in [0.25, 0.3) is 0 Å². The molecule has 2 rings (SSSR count). The largest absolute Gasteiger partial charge is 0.321 e. The van der Waals surface area contributed by atoms with Crippen molar-refractivity contribution < 1.29 is 4.79 Å². The molecule has 0 aliphatic heterocycles. The molecule has 1 fully saturated rings. The van der Waals surface area contributed by atoms with Crippen molar-refractivity contribution in [1.82, 2.24) is 9.78 Å². The zero-order chi connectivity index (χ0) is 10.3. The van der Waals surface area contributed by atoms with Gasteiger partial charge in [-0.3, -0.25) is 9.48 Å². The summed E-state index contributed by atoms with van der Waals surface area (Å²) in [5, 5.41) is 4.18. The van der Waals surface area contributed by atoms with E-state index in [0.29, 0.717) is 11.6 Å². The Morgan fingerprint density at radius 3 is 2.86 bits per heavy atom. The topological polar surface area (TPSA) is 60.9 Å². The molecule has 1 aliphatic rings. The van der Waals surface area contributed by atoms with Gasteiger partial charge >= 0.3 is 0 Å². The highest BCUT2D eigenvalue weighted by atomic mass is 16.1. The van der Waals surface area contributed by atoms with Crippen LogP contribution in [0.1, 0.15) is 41.9 Å². The van der Waals surface area contributed by atoms with Crippen LogP contribution in [0.3, 0.4) is 0 Å². The maximum absolute atomic E-state index is 11.6. The molecule has 4 heteroatoms. The van der Waals surface area contributed by atoms with Crippen LogP contribution in [-0.4, -0.2) is 21.6 Å². The second-order valence-electron chi connectivity index (χ2n) is 4.01. The van der Waals surface area contributed by atoms with Crippen molar-refractivity contribution in [2.24, 2.45) is 12.8 Å². The molecule has 0 aromatic carbocycles. The molecule has 4 nitrogen and oxygen atoms in total. The summed E-state index contributed by atoms with van der Waals surface area (Å²) in [6.07, 6.45) is 2.43. The molecule has 1 aromatic heterocycles. The number of nitrogens with zero attached hydrogens (tertiary/aromatic N) is 2. The fourth-order valence-corrected chi connectivity index (χ4v) is 1.60. The van der Waals surface area contributed by atoms with E-state index in [4.69, 9.17) is 5.73 Å². The lowest BCUT2D eigenvalue weighted by Crippen LogP contribution is -2.27. The van der Waals surface area contributed by atoms with Gasteiger partial charge < -0.3 is 5.73 Å². The van der Waals surface area contributed by atoms with Crippen LogP contribution in [0.5, 0.6) is 0 Å². The quantitative estimate of drug-likeness (QED) is 0.723. The third kappa shape index (κ3) is 1.57. The summed E-state index contributed by atoms with van der Waals surface area (Å²) >= 11 is 0. The van der Waals surface area contributed by atoms with Crippen molar-refractivity contribution in [3.63, 3.8) is 0 Å². The normalized spacial score (nSPS) is 18.2. The molecule has 1 unspecified atom stereocenters. The summed E-state index contributed by atoms with van der Waals surface area (Å²) in [6.45, 7) is 1.69. The molecule has 1 heterocycles. The average Bonchev–Trinajstić information content (AvgIpc) is 2.89. The van der Waals surface area contributed by atoms with Gasteiger partial charge in [0.05, 0.1) is 6.04 Å². The van der Waals surface area contributed by atoms with Gasteiger partial charge in [-0.15, -0.1) is 0 Å². The zero-order valence-corrected chi connectivity index (χ0v) is 8.53. The molecule has 0 bridgehead atoms. The third-order valence-corrected chi connectivity index (χ3v) is 2.58. The van der Waals surface area contributed by atoms with Crippen molar-refractivity contribution >= 4 is 5.78 Å². The highest BCUT2D eigenvalue weighted by Crippen LogP contribution is 2.39. The number of ketones is 1. The minimum Gasteiger partial charge on any atom is -0.321 e. The fraction of sp³-hybridized carbons (Fsp3) is 0.600. The van der Waals surface area contributed by atoms with E-state index >= 15 is 0 Å². The molecule has 0 spiro atoms. The van der Waals surface area contributed by atoms with Gasteiger partial charge in [-0.05, 0) is 25.8 Å². The number of carbonyl (C=O) groups excluding carboxylic acids is 1. The molecule has 1 aromatic rings. The van der Waals surface area contributed by atoms with Crippen molar-refractivity contribution in [1.29, 1.82) is 0 Å². The predicted octanol–water partition coefficient (Wildman–Crippen LogP) is 0.827. The molecule has 1 atom stereocenters. The lowest BCUT2D eigenvalue weighted by Gasteiger charge is -1.98. The fourth-order valence-electron chi connectivity index (χ4n) is 1.60. The molecule has 1 saturated carbocycles. The number of aromatic nitrogens is 2. The second-order valence-corrected chi connectivity index (χ2v) is 4.01. The van der Waals surface area contributed by atoms with Crippen LogP contribution in [0.25, 0.3) is 0 Å². The van der Waals surface area contributed by atoms with Gasteiger partial charge in [0.1, 0.15) is 5.69 Å². The first-order valence-corrected chi connectivity index (χ1v) is 4.93. The average molecular weight is 193 g/mol. The van der Waals surface area contributed by atoms with Crippen LogP contribution in [-0.2, 0) is 7.05 Å². The molecule has 76 valence electrons. The van der Waals surface area contributed by atoms with E-state index in [1.165, 1.54) is 12.8 Å². The highest BCUT2D eigenvalue weighted by molar-refractivity contribution is 5.98. The van der Waals surface area contributed by atoms with E-state index in [-0.39, 0.29) is 5.78 Å². The maximum Gasteiger partial charge on any atom is 0.199 e. The van der Waals surface area contributed by atoms with Crippen molar-refractivity contribution in [3.8, 4) is 0 Å². The Bertz CT molecular complexity index is 363. The monoisotopic (exact) mass is 193 g/mol. The van der Waals surface area contributed by atoms with E-state index < -0.39 is 6.04 Å². The van der Waals surface area contributed by atoms with Crippen molar-refractivity contribution in [2.45, 2.75) is 31.7 Å². The van der Waals surface area contributed by atoms with E-state index in [2.05, 4.69) is 5.10 Å². The molecular weight excluding hydrogens is 178 g/mol. The van der Waals surface area contributed by atoms with Crippen LogP contribution in [0, 0.1) is 0 Å². The smallest absolute Gasteiger partial charge is 0.199 e. The molecule has 0 amide bonds. The summed E-state index contributed by atoms with van der Waals surface area (Å²) in [4.78, 5) is 11.6. The third-order valence-electron chi connectivity index (χ3n) is 2.58. The summed E-state index contributed by atoms with van der Waals surface area (Å²) in [6, 6.07) is 1.42. The van der Waals surface area contributed by atoms with E-state index in [9.17, 15) is 4.79 Å². The maximum atomic E-state index is 11.6. The van der Waals surface area contributed by atoms with E-state index in [1.807, 2.05) is 13.1 Å². The number of Topliss-reactive ketones (excluding diaryl/α,β-unsaturated/α-hetero) is 1. The Morgan fingerprint density at radius 1 is 1.71 bits per heavy atom. The molecule has 0 saturated heterocycles. The standard InChI is InChI=1S/C10H15N3O/c1-6(11)10(14)8-5-9(7-3-4-7)13(2)12-8/h5-7H,3-4,11H2,1-2H3.